The second-order valence-electron chi connectivity index (χ2n) is 9.23. The summed E-state index contributed by atoms with van der Waals surface area (Å²) in [6.45, 7) is 7.90. The Labute approximate surface area is 194 Å². The van der Waals surface area contributed by atoms with Gasteiger partial charge in [0.1, 0.15) is 5.52 Å². The van der Waals surface area contributed by atoms with E-state index in [9.17, 15) is 9.90 Å². The molecule has 176 valence electrons. The van der Waals surface area contributed by atoms with Gasteiger partial charge in [-0.25, -0.2) is 4.68 Å². The van der Waals surface area contributed by atoms with Gasteiger partial charge in [0.25, 0.3) is 0 Å². The van der Waals surface area contributed by atoms with E-state index in [4.69, 9.17) is 9.47 Å². The molecule has 1 aliphatic rings. The minimum atomic E-state index is -1.03. The standard InChI is InChI=1S/C26H33N3O4/c1-18-8-11-21(12-9-18)26(3,25(30)31)17-20-10-13-22-24(19(20)2)27-28-29(22)14-6-16-33-23-7-4-5-15-32-23/h8-13,23H,4-7,14-17H2,1-3H3,(H,30,31). The van der Waals surface area contributed by atoms with Gasteiger partial charge in [0.2, 0.25) is 0 Å². The summed E-state index contributed by atoms with van der Waals surface area (Å²) in [5, 5.41) is 18.8. The highest BCUT2D eigenvalue weighted by atomic mass is 16.7. The Morgan fingerprint density at radius 3 is 2.70 bits per heavy atom. The number of carboxylic acid groups (broad SMARTS) is 1. The van der Waals surface area contributed by atoms with Crippen molar-refractivity contribution >= 4 is 17.0 Å². The van der Waals surface area contributed by atoms with Crippen LogP contribution in [-0.4, -0.2) is 45.6 Å². The molecule has 4 rings (SSSR count). The fraction of sp³-hybridized carbons (Fsp3) is 0.500. The summed E-state index contributed by atoms with van der Waals surface area (Å²) in [4.78, 5) is 12.3. The van der Waals surface area contributed by atoms with Crippen LogP contribution in [0.4, 0.5) is 0 Å². The zero-order chi connectivity index (χ0) is 23.4. The summed E-state index contributed by atoms with van der Waals surface area (Å²) >= 11 is 0. The van der Waals surface area contributed by atoms with Crippen LogP contribution in [-0.2, 0) is 32.6 Å². The van der Waals surface area contributed by atoms with E-state index in [1.807, 2.05) is 54.9 Å². The highest BCUT2D eigenvalue weighted by molar-refractivity contribution is 5.83. The number of hydrogen-bond acceptors (Lipinski definition) is 5. The third kappa shape index (κ3) is 5.09. The number of aromatic nitrogens is 3. The number of rotatable bonds is 9. The first-order valence-corrected chi connectivity index (χ1v) is 11.7. The molecule has 2 heterocycles. The van der Waals surface area contributed by atoms with E-state index in [0.29, 0.717) is 19.6 Å². The van der Waals surface area contributed by atoms with Crippen molar-refractivity contribution in [2.24, 2.45) is 0 Å². The van der Waals surface area contributed by atoms with Gasteiger partial charge in [-0.3, -0.25) is 4.79 Å². The predicted molar refractivity (Wildman–Crippen MR) is 126 cm³/mol. The monoisotopic (exact) mass is 451 g/mol. The quantitative estimate of drug-likeness (QED) is 0.480. The van der Waals surface area contributed by atoms with Gasteiger partial charge in [-0.1, -0.05) is 41.1 Å². The molecule has 0 aliphatic carbocycles. The zero-order valence-electron chi connectivity index (χ0n) is 19.7. The molecule has 7 nitrogen and oxygen atoms in total. The molecule has 0 radical (unpaired) electrons. The lowest BCUT2D eigenvalue weighted by atomic mass is 9.76. The molecule has 33 heavy (non-hydrogen) atoms. The fourth-order valence-electron chi connectivity index (χ4n) is 4.44. The van der Waals surface area contributed by atoms with Crippen molar-refractivity contribution in [2.75, 3.05) is 13.2 Å². The van der Waals surface area contributed by atoms with Crippen molar-refractivity contribution in [3.8, 4) is 0 Å². The van der Waals surface area contributed by atoms with Crippen LogP contribution in [0, 0.1) is 13.8 Å². The molecule has 2 unspecified atom stereocenters. The third-order valence-electron chi connectivity index (χ3n) is 6.71. The fourth-order valence-corrected chi connectivity index (χ4v) is 4.44. The number of carbonyl (C=O) groups is 1. The van der Waals surface area contributed by atoms with Crippen molar-refractivity contribution in [1.82, 2.24) is 15.0 Å². The van der Waals surface area contributed by atoms with E-state index < -0.39 is 11.4 Å². The molecule has 2 atom stereocenters. The Kier molecular flexibility index (Phi) is 7.10. The second-order valence-corrected chi connectivity index (χ2v) is 9.23. The summed E-state index contributed by atoms with van der Waals surface area (Å²) in [6.07, 6.45) is 4.37. The number of fused-ring (bicyclic) bond motifs is 1. The Bertz CT molecular complexity index is 1100. The van der Waals surface area contributed by atoms with Crippen molar-refractivity contribution in [1.29, 1.82) is 0 Å². The van der Waals surface area contributed by atoms with Gasteiger partial charge in [-0.2, -0.15) is 0 Å². The first kappa shape index (κ1) is 23.4. The number of nitrogens with zero attached hydrogens (tertiary/aromatic N) is 3. The molecular weight excluding hydrogens is 418 g/mol. The smallest absolute Gasteiger partial charge is 0.314 e. The van der Waals surface area contributed by atoms with Gasteiger partial charge in [0, 0.05) is 13.2 Å². The normalized spacial score (nSPS) is 18.3. The van der Waals surface area contributed by atoms with Crippen LogP contribution in [0.25, 0.3) is 11.0 Å². The van der Waals surface area contributed by atoms with Crippen molar-refractivity contribution in [2.45, 2.75) is 71.1 Å². The van der Waals surface area contributed by atoms with Crippen LogP contribution in [0.3, 0.4) is 0 Å². The molecule has 1 N–H and O–H groups in total. The van der Waals surface area contributed by atoms with Crippen LogP contribution in [0.5, 0.6) is 0 Å². The lowest BCUT2D eigenvalue weighted by Crippen LogP contribution is -2.35. The molecule has 7 heteroatoms. The van der Waals surface area contributed by atoms with Gasteiger partial charge in [0.15, 0.2) is 6.29 Å². The van der Waals surface area contributed by atoms with E-state index in [2.05, 4.69) is 10.3 Å². The van der Waals surface area contributed by atoms with Crippen molar-refractivity contribution in [3.05, 3.63) is 58.7 Å². The summed E-state index contributed by atoms with van der Waals surface area (Å²) in [5.74, 6) is -0.837. The van der Waals surface area contributed by atoms with Gasteiger partial charge < -0.3 is 14.6 Å². The average molecular weight is 452 g/mol. The molecule has 0 bridgehead atoms. The molecule has 0 amide bonds. The third-order valence-corrected chi connectivity index (χ3v) is 6.71. The minimum Gasteiger partial charge on any atom is -0.481 e. The van der Waals surface area contributed by atoms with E-state index in [-0.39, 0.29) is 6.29 Å². The minimum absolute atomic E-state index is 0.0758. The van der Waals surface area contributed by atoms with E-state index in [0.717, 1.165) is 65.6 Å². The maximum Gasteiger partial charge on any atom is 0.314 e. The molecule has 1 fully saturated rings. The van der Waals surface area contributed by atoms with Crippen LogP contribution in [0.1, 0.15) is 54.9 Å². The average Bonchev–Trinajstić information content (AvgIpc) is 3.23. The van der Waals surface area contributed by atoms with Gasteiger partial charge in [-0.15, -0.1) is 5.10 Å². The zero-order valence-corrected chi connectivity index (χ0v) is 19.7. The number of ether oxygens (including phenoxy) is 2. The van der Waals surface area contributed by atoms with Crippen LogP contribution < -0.4 is 0 Å². The largest absolute Gasteiger partial charge is 0.481 e. The maximum atomic E-state index is 12.3. The number of benzene rings is 2. The number of aliphatic carboxylic acids is 1. The highest BCUT2D eigenvalue weighted by Gasteiger charge is 2.36. The van der Waals surface area contributed by atoms with Gasteiger partial charge in [0.05, 0.1) is 17.5 Å². The van der Waals surface area contributed by atoms with Crippen LogP contribution in [0.15, 0.2) is 36.4 Å². The SMILES string of the molecule is Cc1ccc(C(C)(Cc2ccc3c(nnn3CCCOC3CCCCO3)c2C)C(=O)O)cc1. The first-order valence-electron chi connectivity index (χ1n) is 11.7. The summed E-state index contributed by atoms with van der Waals surface area (Å²) in [5.41, 5.74) is 4.60. The van der Waals surface area contributed by atoms with E-state index in [1.165, 1.54) is 0 Å². The van der Waals surface area contributed by atoms with E-state index in [1.54, 1.807) is 6.92 Å². The number of carboxylic acids is 1. The lowest BCUT2D eigenvalue weighted by Gasteiger charge is -2.26. The topological polar surface area (TPSA) is 86.5 Å². The Balaban J connectivity index is 1.47. The molecular formula is C26H33N3O4. The lowest BCUT2D eigenvalue weighted by molar-refractivity contribution is -0.163. The van der Waals surface area contributed by atoms with Crippen LogP contribution >= 0.6 is 0 Å². The Hall–Kier alpha value is -2.77. The van der Waals surface area contributed by atoms with Gasteiger partial charge in [-0.05, 0) is 75.6 Å². The molecule has 2 aromatic carbocycles. The molecule has 1 aromatic heterocycles. The van der Waals surface area contributed by atoms with Gasteiger partial charge >= 0.3 is 5.97 Å². The van der Waals surface area contributed by atoms with Crippen LogP contribution in [0.2, 0.25) is 0 Å². The first-order chi connectivity index (χ1) is 15.9. The molecule has 1 saturated heterocycles. The number of hydrogen-bond donors (Lipinski definition) is 1. The molecule has 1 aliphatic heterocycles. The summed E-state index contributed by atoms with van der Waals surface area (Å²) in [6, 6.07) is 11.8. The predicted octanol–water partition coefficient (Wildman–Crippen LogP) is 4.57. The maximum absolute atomic E-state index is 12.3. The number of aryl methyl sites for hydroxylation is 3. The van der Waals surface area contributed by atoms with Crippen molar-refractivity contribution in [3.63, 3.8) is 0 Å². The van der Waals surface area contributed by atoms with Crippen molar-refractivity contribution < 1.29 is 19.4 Å². The Morgan fingerprint density at radius 2 is 2.00 bits per heavy atom. The highest BCUT2D eigenvalue weighted by Crippen LogP contribution is 2.32. The molecule has 3 aromatic rings. The molecule has 0 saturated carbocycles. The second kappa shape index (κ2) is 10.0. The van der Waals surface area contributed by atoms with E-state index >= 15 is 0 Å². The summed E-state index contributed by atoms with van der Waals surface area (Å²) < 4.78 is 13.3. The molecule has 0 spiro atoms. The summed E-state index contributed by atoms with van der Waals surface area (Å²) in [7, 11) is 0. The Morgan fingerprint density at radius 1 is 1.21 bits per heavy atom.